The summed E-state index contributed by atoms with van der Waals surface area (Å²) in [6.07, 6.45) is -0.797. The summed E-state index contributed by atoms with van der Waals surface area (Å²) in [7, 11) is 0. The first kappa shape index (κ1) is 16.4. The Morgan fingerprint density at radius 1 is 1.26 bits per heavy atom. The fraction of sp³-hybridized carbons (Fsp3) is 0.462. The fourth-order valence-corrected chi connectivity index (χ4v) is 1.74. The molecule has 1 aromatic carbocycles. The second-order valence-corrected chi connectivity index (χ2v) is 7.02. The predicted molar refractivity (Wildman–Crippen MR) is 81.9 cm³/mol. The molecule has 0 spiro atoms. The molecule has 3 nitrogen and oxygen atoms in total. The molecule has 1 rings (SSSR count). The summed E-state index contributed by atoms with van der Waals surface area (Å²) in [6.45, 7) is 5.51. The van der Waals surface area contributed by atoms with Crippen LogP contribution in [0.4, 0.5) is 5.69 Å². The highest BCUT2D eigenvalue weighted by molar-refractivity contribution is 6.68. The van der Waals surface area contributed by atoms with Crippen molar-refractivity contribution in [1.82, 2.24) is 5.32 Å². The van der Waals surface area contributed by atoms with E-state index >= 15 is 0 Å². The molecule has 1 aromatic rings. The van der Waals surface area contributed by atoms with Crippen molar-refractivity contribution in [1.29, 1.82) is 0 Å². The van der Waals surface area contributed by atoms with Gasteiger partial charge in [-0.15, -0.1) is 0 Å². The number of carbonyl (C=O) groups excluding carboxylic acids is 1. The Balaban J connectivity index is 2.84. The lowest BCUT2D eigenvalue weighted by Crippen LogP contribution is -2.50. The van der Waals surface area contributed by atoms with Crippen LogP contribution in [0.5, 0.6) is 0 Å². The van der Waals surface area contributed by atoms with Crippen LogP contribution in [0.15, 0.2) is 24.3 Å². The number of aryl methyl sites for hydroxylation is 1. The van der Waals surface area contributed by atoms with Crippen LogP contribution < -0.4 is 10.6 Å². The summed E-state index contributed by atoms with van der Waals surface area (Å²) < 4.78 is -1.64. The molecule has 0 unspecified atom stereocenters. The molecule has 0 aliphatic rings. The van der Waals surface area contributed by atoms with E-state index in [1.54, 1.807) is 13.8 Å². The standard InChI is InChI=1S/C13H17Cl3N2O/c1-8(2)11(19)18-12(13(14,15)16)17-10-6-4-5-9(3)7-10/h4-8,12,17H,1-3H3,(H,18,19)/t12-/m0/s1. The third-order valence-electron chi connectivity index (χ3n) is 2.47. The Kier molecular flexibility index (Phi) is 5.78. The second-order valence-electron chi connectivity index (χ2n) is 4.65. The second kappa shape index (κ2) is 6.69. The van der Waals surface area contributed by atoms with E-state index < -0.39 is 9.96 Å². The van der Waals surface area contributed by atoms with E-state index in [-0.39, 0.29) is 11.8 Å². The normalized spacial score (nSPS) is 13.2. The SMILES string of the molecule is Cc1cccc(N[C@@H](NC(=O)C(C)C)C(Cl)(Cl)Cl)c1. The molecule has 19 heavy (non-hydrogen) atoms. The molecule has 2 N–H and O–H groups in total. The van der Waals surface area contributed by atoms with Gasteiger partial charge in [-0.1, -0.05) is 60.8 Å². The molecule has 0 aliphatic carbocycles. The molecule has 0 bridgehead atoms. The van der Waals surface area contributed by atoms with Crippen LogP contribution in [0, 0.1) is 12.8 Å². The van der Waals surface area contributed by atoms with Gasteiger partial charge in [0, 0.05) is 11.6 Å². The van der Waals surface area contributed by atoms with Crippen molar-refractivity contribution in [2.75, 3.05) is 5.32 Å². The molecule has 0 fully saturated rings. The number of hydrogen-bond donors (Lipinski definition) is 2. The van der Waals surface area contributed by atoms with E-state index in [0.29, 0.717) is 0 Å². The third kappa shape index (κ3) is 5.47. The average Bonchev–Trinajstić information content (AvgIpc) is 2.26. The number of anilines is 1. The minimum atomic E-state index is -1.64. The van der Waals surface area contributed by atoms with Gasteiger partial charge in [-0.2, -0.15) is 0 Å². The first-order valence-electron chi connectivity index (χ1n) is 5.90. The monoisotopic (exact) mass is 322 g/mol. The predicted octanol–water partition coefficient (Wildman–Crippen LogP) is 3.88. The summed E-state index contributed by atoms with van der Waals surface area (Å²) in [5.74, 6) is -0.370. The van der Waals surface area contributed by atoms with Gasteiger partial charge in [-0.05, 0) is 24.6 Å². The van der Waals surface area contributed by atoms with Crippen molar-refractivity contribution < 1.29 is 4.79 Å². The number of alkyl halides is 3. The molecule has 106 valence electrons. The van der Waals surface area contributed by atoms with E-state index in [4.69, 9.17) is 34.8 Å². The molecule has 0 radical (unpaired) electrons. The van der Waals surface area contributed by atoms with Crippen molar-refractivity contribution in [3.8, 4) is 0 Å². The maximum Gasteiger partial charge on any atom is 0.228 e. The van der Waals surface area contributed by atoms with E-state index in [1.807, 2.05) is 31.2 Å². The molecular weight excluding hydrogens is 307 g/mol. The molecule has 0 saturated heterocycles. The van der Waals surface area contributed by atoms with Crippen LogP contribution in [0.1, 0.15) is 19.4 Å². The number of hydrogen-bond acceptors (Lipinski definition) is 2. The fourth-order valence-electron chi connectivity index (χ4n) is 1.41. The summed E-state index contributed by atoms with van der Waals surface area (Å²) in [4.78, 5) is 11.7. The Bertz CT molecular complexity index is 444. The largest absolute Gasteiger partial charge is 0.362 e. The van der Waals surface area contributed by atoms with Crippen LogP contribution in [-0.2, 0) is 4.79 Å². The first-order valence-corrected chi connectivity index (χ1v) is 7.04. The van der Waals surface area contributed by atoms with Gasteiger partial charge in [0.2, 0.25) is 9.70 Å². The Labute approximate surface area is 128 Å². The topological polar surface area (TPSA) is 41.1 Å². The maximum absolute atomic E-state index is 11.7. The van der Waals surface area contributed by atoms with Gasteiger partial charge in [0.25, 0.3) is 0 Å². The minimum Gasteiger partial charge on any atom is -0.362 e. The van der Waals surface area contributed by atoms with Gasteiger partial charge < -0.3 is 10.6 Å². The lowest BCUT2D eigenvalue weighted by Gasteiger charge is -2.28. The number of nitrogens with one attached hydrogen (secondary N) is 2. The van der Waals surface area contributed by atoms with Crippen molar-refractivity contribution in [2.45, 2.75) is 30.7 Å². The van der Waals surface area contributed by atoms with Crippen LogP contribution >= 0.6 is 34.8 Å². The zero-order valence-electron chi connectivity index (χ0n) is 11.0. The number of rotatable bonds is 4. The zero-order valence-corrected chi connectivity index (χ0v) is 13.3. The van der Waals surface area contributed by atoms with Crippen LogP contribution in [0.2, 0.25) is 0 Å². The lowest BCUT2D eigenvalue weighted by molar-refractivity contribution is -0.124. The maximum atomic E-state index is 11.7. The van der Waals surface area contributed by atoms with Crippen LogP contribution in [0.25, 0.3) is 0 Å². The molecule has 0 aromatic heterocycles. The first-order chi connectivity index (χ1) is 8.70. The quantitative estimate of drug-likeness (QED) is 0.652. The van der Waals surface area contributed by atoms with Crippen molar-refractivity contribution in [3.63, 3.8) is 0 Å². The van der Waals surface area contributed by atoms with Crippen LogP contribution in [0.3, 0.4) is 0 Å². The van der Waals surface area contributed by atoms with Gasteiger partial charge in [-0.25, -0.2) is 0 Å². The molecule has 0 saturated carbocycles. The molecule has 0 heterocycles. The number of amides is 1. The average molecular weight is 324 g/mol. The summed E-state index contributed by atoms with van der Waals surface area (Å²) in [6, 6.07) is 7.60. The van der Waals surface area contributed by atoms with E-state index in [0.717, 1.165) is 11.3 Å². The van der Waals surface area contributed by atoms with Gasteiger partial charge in [-0.3, -0.25) is 4.79 Å². The molecular formula is C13H17Cl3N2O. The lowest BCUT2D eigenvalue weighted by atomic mass is 10.2. The summed E-state index contributed by atoms with van der Waals surface area (Å²) in [5, 5.41) is 5.70. The highest BCUT2D eigenvalue weighted by Crippen LogP contribution is 2.31. The minimum absolute atomic E-state index is 0.184. The molecule has 1 amide bonds. The third-order valence-corrected chi connectivity index (χ3v) is 3.12. The van der Waals surface area contributed by atoms with Crippen molar-refractivity contribution in [3.05, 3.63) is 29.8 Å². The van der Waals surface area contributed by atoms with Gasteiger partial charge in [0.15, 0.2) is 0 Å². The summed E-state index contributed by atoms with van der Waals surface area (Å²) >= 11 is 17.7. The zero-order chi connectivity index (χ0) is 14.6. The number of halogens is 3. The number of carbonyl (C=O) groups is 1. The Morgan fingerprint density at radius 2 is 1.89 bits per heavy atom. The number of benzene rings is 1. The highest BCUT2D eigenvalue weighted by atomic mass is 35.6. The summed E-state index contributed by atoms with van der Waals surface area (Å²) in [5.41, 5.74) is 1.85. The molecule has 6 heteroatoms. The van der Waals surface area contributed by atoms with E-state index in [1.165, 1.54) is 0 Å². The van der Waals surface area contributed by atoms with Crippen molar-refractivity contribution >= 4 is 46.4 Å². The molecule has 0 aliphatic heterocycles. The smallest absolute Gasteiger partial charge is 0.228 e. The van der Waals surface area contributed by atoms with Gasteiger partial charge >= 0.3 is 0 Å². The van der Waals surface area contributed by atoms with E-state index in [2.05, 4.69) is 10.6 Å². The Morgan fingerprint density at radius 3 is 2.37 bits per heavy atom. The van der Waals surface area contributed by atoms with Gasteiger partial charge in [0.05, 0.1) is 0 Å². The van der Waals surface area contributed by atoms with Crippen LogP contribution in [-0.4, -0.2) is 15.9 Å². The molecule has 1 atom stereocenters. The Hall–Kier alpha value is -0.640. The van der Waals surface area contributed by atoms with E-state index in [9.17, 15) is 4.79 Å². The highest BCUT2D eigenvalue weighted by Gasteiger charge is 2.34. The van der Waals surface area contributed by atoms with Crippen molar-refractivity contribution in [2.24, 2.45) is 5.92 Å². The van der Waals surface area contributed by atoms with Gasteiger partial charge in [0.1, 0.15) is 6.17 Å².